The lowest BCUT2D eigenvalue weighted by Crippen LogP contribution is -1.98. The highest BCUT2D eigenvalue weighted by Crippen LogP contribution is 2.55. The minimum atomic E-state index is -0.827. The smallest absolute Gasteiger partial charge is 0.157 e. The van der Waals surface area contributed by atoms with Crippen LogP contribution in [-0.4, -0.2) is 14.6 Å². The van der Waals surface area contributed by atoms with Crippen molar-refractivity contribution in [3.8, 4) is 6.07 Å². The van der Waals surface area contributed by atoms with E-state index < -0.39 is 17.2 Å². The van der Waals surface area contributed by atoms with Crippen molar-refractivity contribution >= 4 is 17.2 Å². The second kappa shape index (κ2) is 5.00. The Morgan fingerprint density at radius 2 is 1.96 bits per heavy atom. The maximum absolute atomic E-state index is 13.8. The molecule has 0 bridgehead atoms. The number of benzene rings is 1. The van der Waals surface area contributed by atoms with E-state index in [1.807, 2.05) is 0 Å². The maximum Gasteiger partial charge on any atom is 0.157 e. The normalized spacial score (nSPS) is 19.7. The van der Waals surface area contributed by atoms with Crippen LogP contribution in [0.5, 0.6) is 0 Å². The minimum Gasteiger partial charge on any atom is -0.235 e. The van der Waals surface area contributed by atoms with Gasteiger partial charge >= 0.3 is 0 Å². The zero-order valence-corrected chi connectivity index (χ0v) is 12.4. The van der Waals surface area contributed by atoms with Crippen LogP contribution < -0.4 is 0 Å². The van der Waals surface area contributed by atoms with Crippen LogP contribution in [0.3, 0.4) is 0 Å². The first-order valence-electron chi connectivity index (χ1n) is 6.97. The number of hydrogen-bond acceptors (Lipinski definition) is 3. The lowest BCUT2D eigenvalue weighted by atomic mass is 10.0. The lowest BCUT2D eigenvalue weighted by Gasteiger charge is -2.06. The molecular formula is C16H9ClF2N4. The first-order chi connectivity index (χ1) is 11.1. The molecule has 114 valence electrons. The number of nitrogens with zero attached hydrogens (tertiary/aromatic N) is 4. The van der Waals surface area contributed by atoms with Crippen LogP contribution in [-0.2, 0) is 0 Å². The Morgan fingerprint density at radius 3 is 2.65 bits per heavy atom. The molecular weight excluding hydrogens is 322 g/mol. The average molecular weight is 331 g/mol. The Kier molecular flexibility index (Phi) is 3.06. The summed E-state index contributed by atoms with van der Waals surface area (Å²) in [7, 11) is 0. The molecule has 0 radical (unpaired) electrons. The molecule has 4 nitrogen and oxygen atoms in total. The maximum atomic E-state index is 13.8. The summed E-state index contributed by atoms with van der Waals surface area (Å²) >= 11 is 6.02. The number of rotatable bonds is 2. The lowest BCUT2D eigenvalue weighted by molar-refractivity contribution is 0.573. The molecule has 7 heteroatoms. The summed E-state index contributed by atoms with van der Waals surface area (Å²) in [6.07, 6.45) is 4.07. The molecule has 2 heterocycles. The van der Waals surface area contributed by atoms with Crippen LogP contribution in [0.15, 0.2) is 30.6 Å². The van der Waals surface area contributed by atoms with Gasteiger partial charge in [0.15, 0.2) is 5.65 Å². The molecule has 0 N–H and O–H groups in total. The molecule has 0 saturated heterocycles. The molecule has 1 aliphatic rings. The van der Waals surface area contributed by atoms with Crippen LogP contribution in [0.4, 0.5) is 8.78 Å². The summed E-state index contributed by atoms with van der Waals surface area (Å²) < 4.78 is 29.2. The van der Waals surface area contributed by atoms with E-state index in [1.54, 1.807) is 23.0 Å². The van der Waals surface area contributed by atoms with Gasteiger partial charge in [-0.05, 0) is 42.0 Å². The van der Waals surface area contributed by atoms with Gasteiger partial charge in [0.25, 0.3) is 0 Å². The van der Waals surface area contributed by atoms with E-state index in [4.69, 9.17) is 16.9 Å². The monoisotopic (exact) mass is 330 g/mol. The fourth-order valence-electron chi connectivity index (χ4n) is 3.00. The van der Waals surface area contributed by atoms with Crippen molar-refractivity contribution in [2.45, 2.75) is 18.3 Å². The predicted molar refractivity (Wildman–Crippen MR) is 79.2 cm³/mol. The van der Waals surface area contributed by atoms with Crippen molar-refractivity contribution in [2.75, 3.05) is 0 Å². The van der Waals surface area contributed by atoms with E-state index in [-0.39, 0.29) is 11.8 Å². The van der Waals surface area contributed by atoms with Gasteiger partial charge in [0, 0.05) is 18.0 Å². The summed E-state index contributed by atoms with van der Waals surface area (Å²) in [6, 6.07) is 5.74. The van der Waals surface area contributed by atoms with E-state index in [2.05, 4.69) is 10.1 Å². The molecule has 0 spiro atoms. The van der Waals surface area contributed by atoms with E-state index in [1.165, 1.54) is 18.2 Å². The topological polar surface area (TPSA) is 54.0 Å². The molecule has 3 aromatic rings. The second-order valence-corrected chi connectivity index (χ2v) is 5.93. The largest absolute Gasteiger partial charge is 0.235 e. The molecule has 1 saturated carbocycles. The van der Waals surface area contributed by atoms with Gasteiger partial charge in [-0.1, -0.05) is 11.6 Å². The molecule has 1 aromatic carbocycles. The van der Waals surface area contributed by atoms with E-state index in [0.29, 0.717) is 16.4 Å². The molecule has 1 fully saturated rings. The van der Waals surface area contributed by atoms with Crippen molar-refractivity contribution in [1.29, 1.82) is 5.26 Å². The molecule has 1 aliphatic carbocycles. The fraction of sp³-hybridized carbons (Fsp3) is 0.188. The Hall–Kier alpha value is -2.52. The van der Waals surface area contributed by atoms with E-state index >= 15 is 0 Å². The second-order valence-electron chi connectivity index (χ2n) is 5.54. The zero-order valence-electron chi connectivity index (χ0n) is 11.7. The molecule has 2 atom stereocenters. The number of halogens is 3. The van der Waals surface area contributed by atoms with Gasteiger partial charge in [0.1, 0.15) is 28.4 Å². The Balaban J connectivity index is 1.73. The van der Waals surface area contributed by atoms with Crippen molar-refractivity contribution in [3.05, 3.63) is 64.1 Å². The Labute approximate surface area is 134 Å². The van der Waals surface area contributed by atoms with Crippen LogP contribution in [0.25, 0.3) is 5.65 Å². The number of hydrogen-bond donors (Lipinski definition) is 0. The van der Waals surface area contributed by atoms with Gasteiger partial charge in [0.2, 0.25) is 0 Å². The SMILES string of the molecule is N#Cc1c(F)cc([C@H]2CC2c2cc(Cl)nn3ccnc23)cc1F. The number of nitriles is 1. The van der Waals surface area contributed by atoms with Crippen molar-refractivity contribution in [1.82, 2.24) is 14.6 Å². The summed E-state index contributed by atoms with van der Waals surface area (Å²) in [4.78, 5) is 4.26. The number of imidazole rings is 1. The van der Waals surface area contributed by atoms with Crippen molar-refractivity contribution in [3.63, 3.8) is 0 Å². The standard InChI is InChI=1S/C16H9ClF2N4/c17-15-6-11(16-21-1-2-23(16)22-15)10-5-9(10)8-3-13(18)12(7-20)14(19)4-8/h1-4,6,9-10H,5H2/t9-,10?/m1/s1. The summed E-state index contributed by atoms with van der Waals surface area (Å²) in [5.74, 6) is -1.60. The van der Waals surface area contributed by atoms with Gasteiger partial charge in [-0.25, -0.2) is 18.3 Å². The highest BCUT2D eigenvalue weighted by Gasteiger charge is 2.42. The highest BCUT2D eigenvalue weighted by molar-refractivity contribution is 6.29. The molecule has 2 aromatic heterocycles. The van der Waals surface area contributed by atoms with Crippen LogP contribution in [0.1, 0.15) is 34.9 Å². The zero-order chi connectivity index (χ0) is 16.1. The van der Waals surface area contributed by atoms with Gasteiger partial charge in [-0.2, -0.15) is 10.4 Å². The molecule has 1 unspecified atom stereocenters. The van der Waals surface area contributed by atoms with Crippen LogP contribution in [0.2, 0.25) is 5.15 Å². The third-order valence-corrected chi connectivity index (χ3v) is 4.34. The summed E-state index contributed by atoms with van der Waals surface area (Å²) in [5, 5.41) is 13.2. The first kappa shape index (κ1) is 14.1. The fourth-order valence-corrected chi connectivity index (χ4v) is 3.20. The molecule has 0 amide bonds. The van der Waals surface area contributed by atoms with Gasteiger partial charge in [-0.15, -0.1) is 0 Å². The van der Waals surface area contributed by atoms with Crippen molar-refractivity contribution in [2.24, 2.45) is 0 Å². The summed E-state index contributed by atoms with van der Waals surface area (Å²) in [5.41, 5.74) is 1.59. The first-order valence-corrected chi connectivity index (χ1v) is 7.35. The van der Waals surface area contributed by atoms with Gasteiger partial charge in [0.05, 0.1) is 0 Å². The highest BCUT2D eigenvalue weighted by atomic mass is 35.5. The average Bonchev–Trinajstić information content (AvgIpc) is 3.16. The Morgan fingerprint density at radius 1 is 1.22 bits per heavy atom. The summed E-state index contributed by atoms with van der Waals surface area (Å²) in [6.45, 7) is 0. The van der Waals surface area contributed by atoms with Gasteiger partial charge < -0.3 is 0 Å². The minimum absolute atomic E-state index is 0.0225. The van der Waals surface area contributed by atoms with E-state index in [9.17, 15) is 8.78 Å². The molecule has 4 rings (SSSR count). The predicted octanol–water partition coefficient (Wildman–Crippen LogP) is 3.80. The van der Waals surface area contributed by atoms with Crippen LogP contribution in [0, 0.1) is 23.0 Å². The van der Waals surface area contributed by atoms with E-state index in [0.717, 1.165) is 12.0 Å². The number of aromatic nitrogens is 3. The van der Waals surface area contributed by atoms with Crippen molar-refractivity contribution < 1.29 is 8.78 Å². The number of fused-ring (bicyclic) bond motifs is 1. The van der Waals surface area contributed by atoms with Crippen LogP contribution >= 0.6 is 11.6 Å². The van der Waals surface area contributed by atoms with Gasteiger partial charge in [-0.3, -0.25) is 0 Å². The Bertz CT molecular complexity index is 953. The molecule has 23 heavy (non-hydrogen) atoms. The third-order valence-electron chi connectivity index (χ3n) is 4.15. The molecule has 0 aliphatic heterocycles. The quantitative estimate of drug-likeness (QED) is 0.718. The third kappa shape index (κ3) is 2.25.